The normalized spacial score (nSPS) is 12.1. The minimum Gasteiger partial charge on any atom is -0.322 e. The summed E-state index contributed by atoms with van der Waals surface area (Å²) in [4.78, 5) is 11.6. The molecular formula is C14H18N4O. The summed E-state index contributed by atoms with van der Waals surface area (Å²) < 4.78 is 1.78. The smallest absolute Gasteiger partial charge is 0.241 e. The van der Waals surface area contributed by atoms with E-state index < -0.39 is 6.04 Å². The van der Waals surface area contributed by atoms with Gasteiger partial charge in [0, 0.05) is 6.20 Å². The summed E-state index contributed by atoms with van der Waals surface area (Å²) in [5, 5.41) is 6.96. The summed E-state index contributed by atoms with van der Waals surface area (Å²) >= 11 is 0. The van der Waals surface area contributed by atoms with Gasteiger partial charge in [-0.05, 0) is 12.0 Å². The van der Waals surface area contributed by atoms with E-state index in [9.17, 15) is 4.79 Å². The van der Waals surface area contributed by atoms with E-state index in [0.29, 0.717) is 18.7 Å². The third-order valence-corrected chi connectivity index (χ3v) is 2.86. The minimum atomic E-state index is -0.475. The molecule has 5 heteroatoms. The number of nitrogens with zero attached hydrogens (tertiary/aromatic N) is 2. The Balaban J connectivity index is 1.98. The molecule has 0 aliphatic rings. The van der Waals surface area contributed by atoms with Crippen LogP contribution in [-0.4, -0.2) is 21.7 Å². The monoisotopic (exact) mass is 258 g/mol. The van der Waals surface area contributed by atoms with E-state index in [1.165, 1.54) is 0 Å². The Bertz CT molecular complexity index is 535. The van der Waals surface area contributed by atoms with Gasteiger partial charge in [0.25, 0.3) is 0 Å². The molecule has 19 heavy (non-hydrogen) atoms. The number of benzene rings is 1. The average molecular weight is 258 g/mol. The van der Waals surface area contributed by atoms with Gasteiger partial charge in [-0.1, -0.05) is 37.3 Å². The van der Waals surface area contributed by atoms with E-state index in [4.69, 9.17) is 5.73 Å². The lowest BCUT2D eigenvalue weighted by Gasteiger charge is -2.07. The number of aromatic nitrogens is 2. The standard InChI is InChI=1S/C14H18N4O/c1-2-13(15)14(19)17-12-8-16-18(10-12)9-11-6-4-3-5-7-11/h3-8,10,13H,2,9,15H2,1H3,(H,17,19)/t13-/m1/s1. The van der Waals surface area contributed by atoms with E-state index in [2.05, 4.69) is 10.4 Å². The molecule has 0 saturated carbocycles. The molecule has 0 aliphatic heterocycles. The number of carbonyl (C=O) groups excluding carboxylic acids is 1. The van der Waals surface area contributed by atoms with Crippen molar-refractivity contribution in [2.75, 3.05) is 5.32 Å². The van der Waals surface area contributed by atoms with Crippen LogP contribution in [0.2, 0.25) is 0 Å². The molecule has 0 saturated heterocycles. The molecular weight excluding hydrogens is 240 g/mol. The molecule has 1 aromatic carbocycles. The van der Waals surface area contributed by atoms with Crippen molar-refractivity contribution in [3.05, 3.63) is 48.3 Å². The molecule has 2 rings (SSSR count). The number of amides is 1. The molecule has 0 radical (unpaired) electrons. The van der Waals surface area contributed by atoms with Crippen molar-refractivity contribution in [3.8, 4) is 0 Å². The molecule has 3 N–H and O–H groups in total. The van der Waals surface area contributed by atoms with Crippen LogP contribution < -0.4 is 11.1 Å². The number of nitrogens with two attached hydrogens (primary N) is 1. The molecule has 1 atom stereocenters. The van der Waals surface area contributed by atoms with Crippen LogP contribution in [0.3, 0.4) is 0 Å². The lowest BCUT2D eigenvalue weighted by molar-refractivity contribution is -0.117. The number of hydrogen-bond donors (Lipinski definition) is 2. The molecule has 1 heterocycles. The van der Waals surface area contributed by atoms with Crippen molar-refractivity contribution in [1.29, 1.82) is 0 Å². The summed E-state index contributed by atoms with van der Waals surface area (Å²) in [7, 11) is 0. The molecule has 0 aliphatic carbocycles. The van der Waals surface area contributed by atoms with Gasteiger partial charge in [-0.2, -0.15) is 5.10 Å². The molecule has 2 aromatic rings. The lowest BCUT2D eigenvalue weighted by atomic mass is 10.2. The van der Waals surface area contributed by atoms with Gasteiger partial charge >= 0.3 is 0 Å². The second-order valence-electron chi connectivity index (χ2n) is 4.42. The second kappa shape index (κ2) is 6.15. The molecule has 100 valence electrons. The number of carbonyl (C=O) groups is 1. The third kappa shape index (κ3) is 3.66. The first-order valence-corrected chi connectivity index (χ1v) is 6.32. The van der Waals surface area contributed by atoms with Crippen LogP contribution >= 0.6 is 0 Å². The van der Waals surface area contributed by atoms with Crippen LogP contribution in [0.5, 0.6) is 0 Å². The van der Waals surface area contributed by atoms with Gasteiger partial charge in [-0.25, -0.2) is 0 Å². The molecule has 0 bridgehead atoms. The Labute approximate surface area is 112 Å². The molecule has 1 amide bonds. The summed E-state index contributed by atoms with van der Waals surface area (Å²) in [5.74, 6) is -0.179. The fourth-order valence-corrected chi connectivity index (χ4v) is 1.71. The maximum Gasteiger partial charge on any atom is 0.241 e. The number of rotatable bonds is 5. The number of anilines is 1. The van der Waals surface area contributed by atoms with E-state index >= 15 is 0 Å². The Morgan fingerprint density at radius 1 is 1.42 bits per heavy atom. The predicted molar refractivity (Wildman–Crippen MR) is 74.7 cm³/mol. The molecule has 0 spiro atoms. The number of nitrogens with one attached hydrogen (secondary N) is 1. The highest BCUT2D eigenvalue weighted by Crippen LogP contribution is 2.08. The first-order chi connectivity index (χ1) is 9.19. The summed E-state index contributed by atoms with van der Waals surface area (Å²) in [6.07, 6.45) is 4.04. The van der Waals surface area contributed by atoms with Crippen LogP contribution in [0, 0.1) is 0 Å². The quantitative estimate of drug-likeness (QED) is 0.855. The highest BCUT2D eigenvalue weighted by molar-refractivity contribution is 5.94. The second-order valence-corrected chi connectivity index (χ2v) is 4.42. The summed E-state index contributed by atoms with van der Waals surface area (Å²) in [5.41, 5.74) is 7.49. The first kappa shape index (κ1) is 13.3. The van der Waals surface area contributed by atoms with E-state index in [0.717, 1.165) is 5.56 Å². The summed E-state index contributed by atoms with van der Waals surface area (Å²) in [6.45, 7) is 2.56. The van der Waals surface area contributed by atoms with Gasteiger partial charge in [0.2, 0.25) is 5.91 Å². The first-order valence-electron chi connectivity index (χ1n) is 6.32. The predicted octanol–water partition coefficient (Wildman–Crippen LogP) is 1.61. The van der Waals surface area contributed by atoms with Crippen LogP contribution in [0.4, 0.5) is 5.69 Å². The Morgan fingerprint density at radius 2 is 2.16 bits per heavy atom. The summed E-state index contributed by atoms with van der Waals surface area (Å²) in [6, 6.07) is 9.55. The van der Waals surface area contributed by atoms with Crippen molar-refractivity contribution < 1.29 is 4.79 Å². The van der Waals surface area contributed by atoms with Crippen LogP contribution in [0.25, 0.3) is 0 Å². The topological polar surface area (TPSA) is 72.9 Å². The Morgan fingerprint density at radius 3 is 2.84 bits per heavy atom. The van der Waals surface area contributed by atoms with Crippen molar-refractivity contribution in [2.24, 2.45) is 5.73 Å². The lowest BCUT2D eigenvalue weighted by Crippen LogP contribution is -2.34. The molecule has 1 aromatic heterocycles. The van der Waals surface area contributed by atoms with Gasteiger partial charge < -0.3 is 11.1 Å². The highest BCUT2D eigenvalue weighted by atomic mass is 16.2. The van der Waals surface area contributed by atoms with Crippen molar-refractivity contribution in [3.63, 3.8) is 0 Å². The van der Waals surface area contributed by atoms with E-state index in [-0.39, 0.29) is 5.91 Å². The van der Waals surface area contributed by atoms with Crippen molar-refractivity contribution in [2.45, 2.75) is 25.9 Å². The zero-order valence-electron chi connectivity index (χ0n) is 10.9. The van der Waals surface area contributed by atoms with Crippen LogP contribution in [0.15, 0.2) is 42.7 Å². The van der Waals surface area contributed by atoms with Gasteiger partial charge in [0.1, 0.15) is 0 Å². The fourth-order valence-electron chi connectivity index (χ4n) is 1.71. The zero-order chi connectivity index (χ0) is 13.7. The zero-order valence-corrected chi connectivity index (χ0v) is 10.9. The van der Waals surface area contributed by atoms with Gasteiger partial charge in [-0.3, -0.25) is 9.48 Å². The maximum absolute atomic E-state index is 11.6. The molecule has 5 nitrogen and oxygen atoms in total. The fraction of sp³-hybridized carbons (Fsp3) is 0.286. The average Bonchev–Trinajstić information content (AvgIpc) is 2.86. The van der Waals surface area contributed by atoms with Crippen LogP contribution in [0.1, 0.15) is 18.9 Å². The van der Waals surface area contributed by atoms with Crippen molar-refractivity contribution >= 4 is 11.6 Å². The Hall–Kier alpha value is -2.14. The van der Waals surface area contributed by atoms with Crippen LogP contribution in [-0.2, 0) is 11.3 Å². The number of hydrogen-bond acceptors (Lipinski definition) is 3. The van der Waals surface area contributed by atoms with E-state index in [1.54, 1.807) is 17.1 Å². The Kier molecular flexibility index (Phi) is 4.30. The molecule has 0 fully saturated rings. The SMILES string of the molecule is CC[C@@H](N)C(=O)Nc1cnn(Cc2ccccc2)c1. The van der Waals surface area contributed by atoms with Crippen molar-refractivity contribution in [1.82, 2.24) is 9.78 Å². The van der Waals surface area contributed by atoms with Gasteiger partial charge in [0.15, 0.2) is 0 Å². The maximum atomic E-state index is 11.6. The minimum absolute atomic E-state index is 0.179. The van der Waals surface area contributed by atoms with Gasteiger partial charge in [-0.15, -0.1) is 0 Å². The molecule has 0 unspecified atom stereocenters. The third-order valence-electron chi connectivity index (χ3n) is 2.86. The van der Waals surface area contributed by atoms with Gasteiger partial charge in [0.05, 0.1) is 24.5 Å². The highest BCUT2D eigenvalue weighted by Gasteiger charge is 2.11. The van der Waals surface area contributed by atoms with E-state index in [1.807, 2.05) is 37.3 Å². The largest absolute Gasteiger partial charge is 0.322 e.